The van der Waals surface area contributed by atoms with E-state index in [4.69, 9.17) is 9.15 Å². The van der Waals surface area contributed by atoms with Crippen LogP contribution >= 0.6 is 0 Å². The Morgan fingerprint density at radius 3 is 2.55 bits per heavy atom. The number of para-hydroxylation sites is 1. The van der Waals surface area contributed by atoms with Crippen molar-refractivity contribution in [2.24, 2.45) is 0 Å². The van der Waals surface area contributed by atoms with E-state index < -0.39 is 10.9 Å². The number of nitrogens with zero attached hydrogens (tertiary/aromatic N) is 1. The van der Waals surface area contributed by atoms with Gasteiger partial charge in [-0.3, -0.25) is 10.1 Å². The van der Waals surface area contributed by atoms with Gasteiger partial charge in [-0.05, 0) is 24.3 Å². The standard InChI is InChI=1S/C16H11NO5/c1-21-16(18)13-4-2-3-11-9-14(22-15(11)13)10-5-7-12(8-6-10)17(19)20/h2-9H,1H3. The van der Waals surface area contributed by atoms with Gasteiger partial charge in [0.05, 0.1) is 12.0 Å². The van der Waals surface area contributed by atoms with Gasteiger partial charge in [0.25, 0.3) is 5.69 Å². The van der Waals surface area contributed by atoms with Gasteiger partial charge in [-0.2, -0.15) is 0 Å². The van der Waals surface area contributed by atoms with E-state index >= 15 is 0 Å². The highest BCUT2D eigenvalue weighted by molar-refractivity contribution is 6.02. The van der Waals surface area contributed by atoms with Crippen LogP contribution in [0.5, 0.6) is 0 Å². The third-order valence-electron chi connectivity index (χ3n) is 3.31. The predicted molar refractivity (Wildman–Crippen MR) is 79.6 cm³/mol. The lowest BCUT2D eigenvalue weighted by Crippen LogP contribution is -2.00. The summed E-state index contributed by atoms with van der Waals surface area (Å²) in [5, 5.41) is 11.4. The second-order valence-electron chi connectivity index (χ2n) is 4.63. The minimum absolute atomic E-state index is 0.00936. The summed E-state index contributed by atoms with van der Waals surface area (Å²) in [7, 11) is 1.31. The van der Waals surface area contributed by atoms with E-state index in [1.807, 2.05) is 6.07 Å². The van der Waals surface area contributed by atoms with Gasteiger partial charge in [-0.15, -0.1) is 0 Å². The van der Waals surface area contributed by atoms with Gasteiger partial charge in [0, 0.05) is 23.1 Å². The molecule has 0 unspecified atom stereocenters. The molecular weight excluding hydrogens is 286 g/mol. The van der Waals surface area contributed by atoms with Gasteiger partial charge < -0.3 is 9.15 Å². The van der Waals surface area contributed by atoms with Crippen LogP contribution in [0.25, 0.3) is 22.3 Å². The zero-order valence-electron chi connectivity index (χ0n) is 11.6. The van der Waals surface area contributed by atoms with Crippen LogP contribution in [-0.4, -0.2) is 18.0 Å². The monoisotopic (exact) mass is 297 g/mol. The van der Waals surface area contributed by atoms with E-state index in [-0.39, 0.29) is 5.69 Å². The molecule has 0 aliphatic heterocycles. The molecule has 1 aromatic heterocycles. The number of fused-ring (bicyclic) bond motifs is 1. The summed E-state index contributed by atoms with van der Waals surface area (Å²) in [4.78, 5) is 21.9. The van der Waals surface area contributed by atoms with Crippen molar-refractivity contribution in [3.63, 3.8) is 0 Å². The van der Waals surface area contributed by atoms with Crippen LogP contribution in [0, 0.1) is 10.1 Å². The first-order valence-corrected chi connectivity index (χ1v) is 6.46. The molecule has 3 aromatic rings. The number of hydrogen-bond donors (Lipinski definition) is 0. The molecule has 3 rings (SSSR count). The molecule has 0 atom stereocenters. The fourth-order valence-electron chi connectivity index (χ4n) is 2.22. The van der Waals surface area contributed by atoms with E-state index in [0.717, 1.165) is 5.39 Å². The van der Waals surface area contributed by atoms with Gasteiger partial charge in [0.15, 0.2) is 0 Å². The van der Waals surface area contributed by atoms with Crippen LogP contribution in [0.15, 0.2) is 52.9 Å². The van der Waals surface area contributed by atoms with Crippen LogP contribution in [0.4, 0.5) is 5.69 Å². The number of rotatable bonds is 3. The Labute approximate surface area is 125 Å². The molecule has 110 valence electrons. The number of hydrogen-bond acceptors (Lipinski definition) is 5. The van der Waals surface area contributed by atoms with Gasteiger partial charge >= 0.3 is 5.97 Å². The number of methoxy groups -OCH3 is 1. The summed E-state index contributed by atoms with van der Waals surface area (Å²) in [6, 6.07) is 13.0. The molecular formula is C16H11NO5. The average Bonchev–Trinajstić information content (AvgIpc) is 2.98. The van der Waals surface area contributed by atoms with Crippen molar-refractivity contribution in [2.45, 2.75) is 0 Å². The third kappa shape index (κ3) is 2.31. The molecule has 1 heterocycles. The maximum absolute atomic E-state index is 11.7. The third-order valence-corrected chi connectivity index (χ3v) is 3.31. The van der Waals surface area contributed by atoms with Crippen LogP contribution in [0.2, 0.25) is 0 Å². The van der Waals surface area contributed by atoms with Crippen molar-refractivity contribution in [2.75, 3.05) is 7.11 Å². The van der Waals surface area contributed by atoms with E-state index in [1.165, 1.54) is 19.2 Å². The Hall–Kier alpha value is -3.15. The maximum Gasteiger partial charge on any atom is 0.341 e. The minimum atomic E-state index is -0.477. The second-order valence-corrected chi connectivity index (χ2v) is 4.63. The summed E-state index contributed by atoms with van der Waals surface area (Å²) in [5.41, 5.74) is 1.48. The first-order valence-electron chi connectivity index (χ1n) is 6.46. The van der Waals surface area contributed by atoms with E-state index in [0.29, 0.717) is 22.5 Å². The highest BCUT2D eigenvalue weighted by atomic mass is 16.6. The second kappa shape index (κ2) is 5.33. The molecule has 0 aliphatic rings. The molecule has 0 radical (unpaired) electrons. The zero-order chi connectivity index (χ0) is 15.7. The number of nitro benzene ring substituents is 1. The molecule has 22 heavy (non-hydrogen) atoms. The Morgan fingerprint density at radius 1 is 1.18 bits per heavy atom. The zero-order valence-corrected chi connectivity index (χ0v) is 11.6. The molecule has 0 amide bonds. The van der Waals surface area contributed by atoms with E-state index in [2.05, 4.69) is 0 Å². The van der Waals surface area contributed by atoms with Gasteiger partial charge in [0.1, 0.15) is 16.9 Å². The van der Waals surface area contributed by atoms with E-state index in [1.54, 1.807) is 30.3 Å². The number of nitro groups is 1. The molecule has 0 saturated carbocycles. The van der Waals surface area contributed by atoms with Crippen LogP contribution < -0.4 is 0 Å². The van der Waals surface area contributed by atoms with Crippen LogP contribution in [0.3, 0.4) is 0 Å². The Morgan fingerprint density at radius 2 is 1.91 bits per heavy atom. The van der Waals surface area contributed by atoms with Gasteiger partial charge in [0.2, 0.25) is 0 Å². The number of ether oxygens (including phenoxy) is 1. The molecule has 0 spiro atoms. The maximum atomic E-state index is 11.7. The molecule has 0 bridgehead atoms. The fraction of sp³-hybridized carbons (Fsp3) is 0.0625. The first kappa shape index (κ1) is 13.8. The van der Waals surface area contributed by atoms with Crippen molar-refractivity contribution in [3.8, 4) is 11.3 Å². The highest BCUT2D eigenvalue weighted by Crippen LogP contribution is 2.31. The lowest BCUT2D eigenvalue weighted by atomic mass is 10.1. The quantitative estimate of drug-likeness (QED) is 0.417. The van der Waals surface area contributed by atoms with Crippen molar-refractivity contribution in [1.29, 1.82) is 0 Å². The summed E-state index contributed by atoms with van der Waals surface area (Å²) >= 11 is 0. The summed E-state index contributed by atoms with van der Waals surface area (Å²) in [5.74, 6) is 0.0523. The highest BCUT2D eigenvalue weighted by Gasteiger charge is 2.15. The number of esters is 1. The van der Waals surface area contributed by atoms with Crippen LogP contribution in [-0.2, 0) is 4.74 Å². The Kier molecular flexibility index (Phi) is 3.34. The number of furan rings is 1. The number of carbonyl (C=O) groups is 1. The fourth-order valence-corrected chi connectivity index (χ4v) is 2.22. The predicted octanol–water partition coefficient (Wildman–Crippen LogP) is 3.79. The van der Waals surface area contributed by atoms with Crippen molar-refractivity contribution >= 4 is 22.6 Å². The molecule has 6 nitrogen and oxygen atoms in total. The van der Waals surface area contributed by atoms with E-state index in [9.17, 15) is 14.9 Å². The molecule has 0 N–H and O–H groups in total. The van der Waals surface area contributed by atoms with Crippen LogP contribution in [0.1, 0.15) is 10.4 Å². The minimum Gasteiger partial charge on any atom is -0.465 e. The summed E-state index contributed by atoms with van der Waals surface area (Å²) in [6.07, 6.45) is 0. The first-order chi connectivity index (χ1) is 10.6. The molecule has 6 heteroatoms. The lowest BCUT2D eigenvalue weighted by Gasteiger charge is -1.99. The Balaban J connectivity index is 2.08. The number of benzene rings is 2. The summed E-state index contributed by atoms with van der Waals surface area (Å²) < 4.78 is 10.5. The molecule has 2 aromatic carbocycles. The van der Waals surface area contributed by atoms with Crippen molar-refractivity contribution < 1.29 is 18.9 Å². The topological polar surface area (TPSA) is 82.6 Å². The smallest absolute Gasteiger partial charge is 0.341 e. The lowest BCUT2D eigenvalue weighted by molar-refractivity contribution is -0.384. The number of carbonyl (C=O) groups excluding carboxylic acids is 1. The SMILES string of the molecule is COC(=O)c1cccc2cc(-c3ccc([N+](=O)[O-])cc3)oc12. The van der Waals surface area contributed by atoms with Gasteiger partial charge in [-0.25, -0.2) is 4.79 Å². The summed E-state index contributed by atoms with van der Waals surface area (Å²) in [6.45, 7) is 0. The normalized spacial score (nSPS) is 10.6. The Bertz CT molecular complexity index is 864. The molecule has 0 aliphatic carbocycles. The molecule has 0 saturated heterocycles. The van der Waals surface area contributed by atoms with Crippen molar-refractivity contribution in [3.05, 3.63) is 64.2 Å². The largest absolute Gasteiger partial charge is 0.465 e. The molecule has 0 fully saturated rings. The van der Waals surface area contributed by atoms with Crippen molar-refractivity contribution in [1.82, 2.24) is 0 Å². The van der Waals surface area contributed by atoms with Gasteiger partial charge in [-0.1, -0.05) is 12.1 Å². The average molecular weight is 297 g/mol. The number of non-ortho nitro benzene ring substituents is 1.